The Kier molecular flexibility index (Phi) is 13.5. The number of carbonyl (C=O) groups excluding carboxylic acids is 3. The van der Waals surface area contributed by atoms with Crippen LogP contribution in [0.3, 0.4) is 0 Å². The molecule has 0 aliphatic heterocycles. The number of amides is 3. The van der Waals surface area contributed by atoms with E-state index in [9.17, 15) is 27.6 Å². The number of guanidine groups is 1. The van der Waals surface area contributed by atoms with Crippen LogP contribution in [0.25, 0.3) is 0 Å². The highest BCUT2D eigenvalue weighted by atomic mass is 19.4. The third-order valence-corrected chi connectivity index (χ3v) is 4.99. The standard InChI is InChI=1S/C23H30N6O3.C2HF3O2/c24-21(31)19(14-16-8-3-1-4-9-16)29-22(32)18(12-7-13-27-23(25)26)28-20(30)15-17-10-5-2-6-11-17;3-2(4,5)1(6)7/h1-6,8-11,18-19H,7,12-15H2,(H2,24,31)(H,28,30)(H,29,32)(H4,25,26,27);(H,6,7)/t18-,19-;/m1./s1. The van der Waals surface area contributed by atoms with Crippen molar-refractivity contribution in [2.75, 3.05) is 6.54 Å². The van der Waals surface area contributed by atoms with Gasteiger partial charge in [0.2, 0.25) is 17.7 Å². The molecule has 39 heavy (non-hydrogen) atoms. The van der Waals surface area contributed by atoms with Crippen molar-refractivity contribution in [3.63, 3.8) is 0 Å². The fourth-order valence-corrected chi connectivity index (χ4v) is 3.14. The second-order valence-corrected chi connectivity index (χ2v) is 8.19. The summed E-state index contributed by atoms with van der Waals surface area (Å²) in [5.74, 6) is -4.26. The number of hydrogen-bond acceptors (Lipinski definition) is 5. The summed E-state index contributed by atoms with van der Waals surface area (Å²) in [5, 5.41) is 12.5. The quantitative estimate of drug-likeness (QED) is 0.126. The van der Waals surface area contributed by atoms with E-state index in [1.54, 1.807) is 0 Å². The number of carboxylic acids is 1. The molecule has 0 heterocycles. The first-order valence-corrected chi connectivity index (χ1v) is 11.6. The Morgan fingerprint density at radius 2 is 1.36 bits per heavy atom. The van der Waals surface area contributed by atoms with Gasteiger partial charge in [-0.15, -0.1) is 0 Å². The van der Waals surface area contributed by atoms with Crippen LogP contribution in [0.4, 0.5) is 13.2 Å². The molecule has 0 unspecified atom stereocenters. The number of hydrogen-bond donors (Lipinski definition) is 6. The number of nitrogens with one attached hydrogen (secondary N) is 2. The lowest BCUT2D eigenvalue weighted by Gasteiger charge is -2.22. The van der Waals surface area contributed by atoms with Gasteiger partial charge in [-0.1, -0.05) is 60.7 Å². The maximum atomic E-state index is 12.9. The van der Waals surface area contributed by atoms with Gasteiger partial charge in [-0.05, 0) is 24.0 Å². The van der Waals surface area contributed by atoms with Crippen LogP contribution in [0.5, 0.6) is 0 Å². The van der Waals surface area contributed by atoms with Gasteiger partial charge in [-0.3, -0.25) is 19.4 Å². The molecule has 9 N–H and O–H groups in total. The molecule has 0 aromatic heterocycles. The smallest absolute Gasteiger partial charge is 0.475 e. The summed E-state index contributed by atoms with van der Waals surface area (Å²) in [7, 11) is 0. The van der Waals surface area contributed by atoms with Crippen LogP contribution in [0.1, 0.15) is 24.0 Å². The second-order valence-electron chi connectivity index (χ2n) is 8.19. The second kappa shape index (κ2) is 16.3. The van der Waals surface area contributed by atoms with E-state index in [1.165, 1.54) is 0 Å². The number of carbonyl (C=O) groups is 4. The zero-order valence-electron chi connectivity index (χ0n) is 20.9. The molecule has 0 radical (unpaired) electrons. The molecule has 0 bridgehead atoms. The molecule has 0 spiro atoms. The third kappa shape index (κ3) is 14.0. The number of halogens is 3. The zero-order valence-corrected chi connectivity index (χ0v) is 20.9. The summed E-state index contributed by atoms with van der Waals surface area (Å²) in [6, 6.07) is 16.6. The SMILES string of the molecule is NC(=O)[C@@H](Cc1ccccc1)NC(=O)[C@@H](CCCN=C(N)N)NC(=O)Cc1ccccc1.O=C(O)C(F)(F)F. The molecule has 14 heteroatoms. The number of aliphatic imine (C=N–C) groups is 1. The Morgan fingerprint density at radius 1 is 0.846 bits per heavy atom. The van der Waals surface area contributed by atoms with Crippen LogP contribution in [0.15, 0.2) is 65.7 Å². The number of nitrogens with zero attached hydrogens (tertiary/aromatic N) is 1. The van der Waals surface area contributed by atoms with Gasteiger partial charge in [0.1, 0.15) is 12.1 Å². The highest BCUT2D eigenvalue weighted by Gasteiger charge is 2.38. The minimum atomic E-state index is -5.08. The van der Waals surface area contributed by atoms with E-state index >= 15 is 0 Å². The van der Waals surface area contributed by atoms with E-state index in [-0.39, 0.29) is 24.7 Å². The number of aliphatic carboxylic acids is 1. The third-order valence-electron chi connectivity index (χ3n) is 4.99. The van der Waals surface area contributed by atoms with Gasteiger partial charge >= 0.3 is 12.1 Å². The molecule has 0 fully saturated rings. The van der Waals surface area contributed by atoms with Gasteiger partial charge in [0.25, 0.3) is 0 Å². The number of nitrogens with two attached hydrogens (primary N) is 3. The molecular formula is C25H31F3N6O5. The van der Waals surface area contributed by atoms with Crippen molar-refractivity contribution >= 4 is 29.7 Å². The topological polar surface area (TPSA) is 203 Å². The monoisotopic (exact) mass is 552 g/mol. The predicted molar refractivity (Wildman–Crippen MR) is 137 cm³/mol. The maximum Gasteiger partial charge on any atom is 0.490 e. The van der Waals surface area contributed by atoms with Crippen molar-refractivity contribution in [1.82, 2.24) is 10.6 Å². The van der Waals surface area contributed by atoms with Crippen LogP contribution in [-0.2, 0) is 32.0 Å². The van der Waals surface area contributed by atoms with E-state index in [1.807, 2.05) is 60.7 Å². The summed E-state index contributed by atoms with van der Waals surface area (Å²) in [6.45, 7) is 0.309. The first kappa shape index (κ1) is 32.4. The normalized spacial score (nSPS) is 12.1. The van der Waals surface area contributed by atoms with E-state index in [0.29, 0.717) is 19.4 Å². The van der Waals surface area contributed by atoms with Crippen molar-refractivity contribution in [2.45, 2.75) is 43.9 Å². The Bertz CT molecular complexity index is 1110. The lowest BCUT2D eigenvalue weighted by atomic mass is 10.0. The van der Waals surface area contributed by atoms with E-state index < -0.39 is 36.0 Å². The number of carboxylic acid groups (broad SMARTS) is 1. The molecular weight excluding hydrogens is 521 g/mol. The summed E-state index contributed by atoms with van der Waals surface area (Å²) in [6.07, 6.45) is -3.95. The summed E-state index contributed by atoms with van der Waals surface area (Å²) >= 11 is 0. The first-order valence-electron chi connectivity index (χ1n) is 11.6. The fourth-order valence-electron chi connectivity index (χ4n) is 3.14. The van der Waals surface area contributed by atoms with Gasteiger partial charge in [0.15, 0.2) is 5.96 Å². The lowest BCUT2D eigenvalue weighted by molar-refractivity contribution is -0.192. The van der Waals surface area contributed by atoms with Gasteiger partial charge in [0, 0.05) is 13.0 Å². The highest BCUT2D eigenvalue weighted by molar-refractivity contribution is 5.92. The lowest BCUT2D eigenvalue weighted by Crippen LogP contribution is -2.53. The molecule has 11 nitrogen and oxygen atoms in total. The predicted octanol–water partition coefficient (Wildman–Crippen LogP) is 0.614. The molecule has 0 saturated carbocycles. The van der Waals surface area contributed by atoms with Crippen LogP contribution < -0.4 is 27.8 Å². The van der Waals surface area contributed by atoms with Gasteiger partial charge in [-0.25, -0.2) is 4.79 Å². The summed E-state index contributed by atoms with van der Waals surface area (Å²) in [5.41, 5.74) is 17.9. The van der Waals surface area contributed by atoms with Crippen molar-refractivity contribution in [3.05, 3.63) is 71.8 Å². The van der Waals surface area contributed by atoms with Crippen LogP contribution in [0, 0.1) is 0 Å². The molecule has 2 atom stereocenters. The van der Waals surface area contributed by atoms with Crippen LogP contribution >= 0.6 is 0 Å². The molecule has 2 rings (SSSR count). The Hall–Kier alpha value is -4.62. The molecule has 2 aromatic carbocycles. The van der Waals surface area contributed by atoms with Crippen molar-refractivity contribution in [2.24, 2.45) is 22.2 Å². The van der Waals surface area contributed by atoms with Crippen molar-refractivity contribution in [3.8, 4) is 0 Å². The van der Waals surface area contributed by atoms with E-state index in [4.69, 9.17) is 27.1 Å². The Balaban J connectivity index is 0.000000956. The molecule has 3 amide bonds. The Morgan fingerprint density at radius 3 is 1.82 bits per heavy atom. The van der Waals surface area contributed by atoms with Crippen LogP contribution in [-0.4, -0.2) is 59.6 Å². The molecule has 0 aliphatic rings. The molecule has 0 saturated heterocycles. The molecule has 0 aliphatic carbocycles. The van der Waals surface area contributed by atoms with E-state index in [0.717, 1.165) is 11.1 Å². The van der Waals surface area contributed by atoms with E-state index in [2.05, 4.69) is 15.6 Å². The summed E-state index contributed by atoms with van der Waals surface area (Å²) in [4.78, 5) is 50.2. The van der Waals surface area contributed by atoms with Gasteiger partial charge in [0.05, 0.1) is 6.42 Å². The number of rotatable bonds is 12. The van der Waals surface area contributed by atoms with Crippen LogP contribution in [0.2, 0.25) is 0 Å². The van der Waals surface area contributed by atoms with Crippen molar-refractivity contribution in [1.29, 1.82) is 0 Å². The van der Waals surface area contributed by atoms with Gasteiger partial charge in [-0.2, -0.15) is 13.2 Å². The van der Waals surface area contributed by atoms with Gasteiger partial charge < -0.3 is 32.9 Å². The highest BCUT2D eigenvalue weighted by Crippen LogP contribution is 2.13. The number of primary amides is 1. The fraction of sp³-hybridized carbons (Fsp3) is 0.320. The Labute approximate surface area is 222 Å². The molecule has 2 aromatic rings. The average Bonchev–Trinajstić information content (AvgIpc) is 2.86. The maximum absolute atomic E-state index is 12.9. The first-order chi connectivity index (χ1) is 18.3. The average molecular weight is 553 g/mol. The number of benzene rings is 2. The van der Waals surface area contributed by atoms with Crippen molar-refractivity contribution < 1.29 is 37.5 Å². The molecule has 212 valence electrons. The minimum absolute atomic E-state index is 0.0456. The largest absolute Gasteiger partial charge is 0.490 e. The number of alkyl halides is 3. The minimum Gasteiger partial charge on any atom is -0.475 e. The summed E-state index contributed by atoms with van der Waals surface area (Å²) < 4.78 is 31.7. The zero-order chi connectivity index (χ0) is 29.4.